The highest BCUT2D eigenvalue weighted by atomic mass is 79.9. The average Bonchev–Trinajstić information content (AvgIpc) is 2.77. The Kier molecular flexibility index (Phi) is 7.20. The van der Waals surface area contributed by atoms with Crippen LogP contribution in [0.15, 0.2) is 24.3 Å². The van der Waals surface area contributed by atoms with E-state index in [-0.39, 0.29) is 22.4 Å². The van der Waals surface area contributed by atoms with Crippen LogP contribution in [0.2, 0.25) is 0 Å². The first-order valence-corrected chi connectivity index (χ1v) is 9.21. The van der Waals surface area contributed by atoms with Crippen molar-refractivity contribution < 1.29 is 19.1 Å². The van der Waals surface area contributed by atoms with Crippen molar-refractivity contribution in [1.29, 1.82) is 0 Å². The van der Waals surface area contributed by atoms with E-state index >= 15 is 0 Å². The number of hydrogen-bond donors (Lipinski definition) is 1. The third kappa shape index (κ3) is 4.70. The van der Waals surface area contributed by atoms with Crippen molar-refractivity contribution in [1.82, 2.24) is 5.32 Å². The summed E-state index contributed by atoms with van der Waals surface area (Å²) < 4.78 is 10.6. The minimum absolute atomic E-state index is 0.0308. The Labute approximate surface area is 156 Å². The maximum absolute atomic E-state index is 12.7. The summed E-state index contributed by atoms with van der Waals surface area (Å²) in [5.41, 5.74) is 0.733. The molecule has 1 N–H and O–H groups in total. The molecule has 0 aromatic heterocycles. The number of para-hydroxylation sites is 1. The molecule has 1 fully saturated rings. The number of allylic oxidation sites excluding steroid dienone is 1. The fourth-order valence-electron chi connectivity index (χ4n) is 3.10. The number of carbonyl (C=O) groups is 2. The summed E-state index contributed by atoms with van der Waals surface area (Å²) in [6.07, 6.45) is 5.28. The highest BCUT2D eigenvalue weighted by Gasteiger charge is 2.35. The molecule has 25 heavy (non-hydrogen) atoms. The first-order chi connectivity index (χ1) is 12.0. The Bertz CT molecular complexity index is 659. The molecule has 0 aliphatic heterocycles. The van der Waals surface area contributed by atoms with E-state index in [1.165, 1.54) is 6.08 Å². The average molecular weight is 410 g/mol. The van der Waals surface area contributed by atoms with E-state index in [9.17, 15) is 9.59 Å². The molecule has 0 radical (unpaired) electrons. The van der Waals surface area contributed by atoms with Gasteiger partial charge in [-0.25, -0.2) is 0 Å². The molecule has 1 aromatic carbocycles. The Morgan fingerprint density at radius 2 is 2.04 bits per heavy atom. The Morgan fingerprint density at radius 3 is 2.68 bits per heavy atom. The largest absolute Gasteiger partial charge is 0.493 e. The summed E-state index contributed by atoms with van der Waals surface area (Å²) in [6, 6.07) is 5.19. The molecular weight excluding hydrogens is 386 g/mol. The van der Waals surface area contributed by atoms with E-state index in [4.69, 9.17) is 9.47 Å². The zero-order valence-corrected chi connectivity index (χ0v) is 16.3. The minimum atomic E-state index is -0.628. The molecule has 0 saturated heterocycles. The molecule has 0 bridgehead atoms. The molecule has 3 atom stereocenters. The molecule has 2 rings (SSSR count). The van der Waals surface area contributed by atoms with Gasteiger partial charge in [-0.1, -0.05) is 28.1 Å². The van der Waals surface area contributed by atoms with Crippen LogP contribution in [0.3, 0.4) is 0 Å². The quantitative estimate of drug-likeness (QED) is 0.338. The Hall–Kier alpha value is -1.66. The molecule has 136 valence electrons. The lowest BCUT2D eigenvalue weighted by atomic mass is 9.91. The number of alkyl halides is 1. The molecule has 0 heterocycles. The van der Waals surface area contributed by atoms with E-state index < -0.39 is 5.92 Å². The summed E-state index contributed by atoms with van der Waals surface area (Å²) in [7, 11) is 4.88. The SMILES string of the molecule is CNC1CCC(Br)CC(C(=O)/C=C/c2cccc(OC)c2OC)C1=O. The first-order valence-electron chi connectivity index (χ1n) is 8.29. The molecule has 0 amide bonds. The molecule has 3 unspecified atom stereocenters. The minimum Gasteiger partial charge on any atom is -0.493 e. The van der Waals surface area contributed by atoms with Crippen LogP contribution in [0.25, 0.3) is 6.08 Å². The molecule has 1 aromatic rings. The van der Waals surface area contributed by atoms with Crippen molar-refractivity contribution in [2.75, 3.05) is 21.3 Å². The van der Waals surface area contributed by atoms with Gasteiger partial charge in [0.1, 0.15) is 0 Å². The highest BCUT2D eigenvalue weighted by molar-refractivity contribution is 9.09. The number of Topliss-reactive ketones (excluding diaryl/α,β-unsaturated/α-hetero) is 1. The Morgan fingerprint density at radius 1 is 1.28 bits per heavy atom. The predicted octanol–water partition coefficient (Wildman–Crippen LogP) is 3.01. The van der Waals surface area contributed by atoms with Gasteiger partial charge in [0, 0.05) is 10.4 Å². The third-order valence-electron chi connectivity index (χ3n) is 4.50. The van der Waals surface area contributed by atoms with E-state index in [0.717, 1.165) is 18.4 Å². The van der Waals surface area contributed by atoms with Crippen LogP contribution in [0.5, 0.6) is 11.5 Å². The number of ether oxygens (including phenoxy) is 2. The van der Waals surface area contributed by atoms with E-state index in [0.29, 0.717) is 17.9 Å². The van der Waals surface area contributed by atoms with Gasteiger partial charge in [0.25, 0.3) is 0 Å². The standard InChI is InChI=1S/C19H24BrNO4/c1-21-15-9-8-13(20)11-14(18(15)23)16(22)10-7-12-5-4-6-17(24-2)19(12)25-3/h4-7,10,13-15,21H,8-9,11H2,1-3H3/b10-7+. The molecule has 1 saturated carbocycles. The van der Waals surface area contributed by atoms with Crippen LogP contribution in [-0.4, -0.2) is 43.7 Å². The topological polar surface area (TPSA) is 64.6 Å². The number of benzene rings is 1. The Balaban J connectivity index is 2.23. The summed E-state index contributed by atoms with van der Waals surface area (Å²) in [4.78, 5) is 25.5. The number of hydrogen-bond acceptors (Lipinski definition) is 5. The van der Waals surface area contributed by atoms with Crippen molar-refractivity contribution in [3.05, 3.63) is 29.8 Å². The summed E-state index contributed by atoms with van der Waals surface area (Å²) >= 11 is 3.58. The second kappa shape index (κ2) is 9.15. The summed E-state index contributed by atoms with van der Waals surface area (Å²) in [5, 5.41) is 3.02. The van der Waals surface area contributed by atoms with Crippen molar-refractivity contribution in [2.45, 2.75) is 30.1 Å². The fourth-order valence-corrected chi connectivity index (χ4v) is 3.73. The van der Waals surface area contributed by atoms with Crippen molar-refractivity contribution >= 4 is 33.6 Å². The fraction of sp³-hybridized carbons (Fsp3) is 0.474. The normalized spacial score (nSPS) is 24.2. The van der Waals surface area contributed by atoms with Gasteiger partial charge >= 0.3 is 0 Å². The molecular formula is C19H24BrNO4. The van der Waals surface area contributed by atoms with Gasteiger partial charge in [0.05, 0.1) is 26.2 Å². The summed E-state index contributed by atoms with van der Waals surface area (Å²) in [6.45, 7) is 0. The van der Waals surface area contributed by atoms with Crippen LogP contribution in [-0.2, 0) is 9.59 Å². The lowest BCUT2D eigenvalue weighted by molar-refractivity contribution is -0.131. The molecule has 1 aliphatic carbocycles. The first kappa shape index (κ1) is 19.7. The van der Waals surface area contributed by atoms with Gasteiger partial charge in [0.15, 0.2) is 23.1 Å². The zero-order chi connectivity index (χ0) is 18.4. The van der Waals surface area contributed by atoms with Crippen LogP contribution in [0, 0.1) is 5.92 Å². The number of nitrogens with one attached hydrogen (secondary N) is 1. The van der Waals surface area contributed by atoms with Crippen LogP contribution < -0.4 is 14.8 Å². The number of methoxy groups -OCH3 is 2. The number of rotatable bonds is 6. The summed E-state index contributed by atoms with van der Waals surface area (Å²) in [5.74, 6) is 0.321. The van der Waals surface area contributed by atoms with Gasteiger partial charge in [-0.2, -0.15) is 0 Å². The lowest BCUT2D eigenvalue weighted by Gasteiger charge is -2.16. The van der Waals surface area contributed by atoms with Gasteiger partial charge in [-0.3, -0.25) is 9.59 Å². The molecule has 5 nitrogen and oxygen atoms in total. The molecule has 1 aliphatic rings. The van der Waals surface area contributed by atoms with Crippen LogP contribution in [0.4, 0.5) is 0 Å². The molecule has 6 heteroatoms. The van der Waals surface area contributed by atoms with Crippen molar-refractivity contribution in [3.8, 4) is 11.5 Å². The zero-order valence-electron chi connectivity index (χ0n) is 14.8. The van der Waals surface area contributed by atoms with Crippen molar-refractivity contribution in [2.24, 2.45) is 5.92 Å². The number of carbonyl (C=O) groups excluding carboxylic acids is 2. The van der Waals surface area contributed by atoms with E-state index in [1.807, 2.05) is 12.1 Å². The second-order valence-electron chi connectivity index (χ2n) is 6.03. The third-order valence-corrected chi connectivity index (χ3v) is 5.33. The van der Waals surface area contributed by atoms with Crippen molar-refractivity contribution in [3.63, 3.8) is 0 Å². The maximum atomic E-state index is 12.7. The number of ketones is 2. The van der Waals surface area contributed by atoms with Gasteiger partial charge < -0.3 is 14.8 Å². The van der Waals surface area contributed by atoms with Gasteiger partial charge in [-0.15, -0.1) is 0 Å². The van der Waals surface area contributed by atoms with Crippen LogP contribution in [0.1, 0.15) is 24.8 Å². The van der Waals surface area contributed by atoms with E-state index in [2.05, 4.69) is 21.2 Å². The number of likely N-dealkylation sites (N-methyl/N-ethyl adjacent to an activating group) is 1. The van der Waals surface area contributed by atoms with Gasteiger partial charge in [-0.05, 0) is 44.5 Å². The lowest BCUT2D eigenvalue weighted by Crippen LogP contribution is -2.39. The monoisotopic (exact) mass is 409 g/mol. The highest BCUT2D eigenvalue weighted by Crippen LogP contribution is 2.32. The van der Waals surface area contributed by atoms with E-state index in [1.54, 1.807) is 33.4 Å². The van der Waals surface area contributed by atoms with Crippen LogP contribution >= 0.6 is 15.9 Å². The predicted molar refractivity (Wildman–Crippen MR) is 101 cm³/mol. The van der Waals surface area contributed by atoms with Gasteiger partial charge in [0.2, 0.25) is 0 Å². The number of halogens is 1. The molecule has 0 spiro atoms. The smallest absolute Gasteiger partial charge is 0.167 e. The maximum Gasteiger partial charge on any atom is 0.167 e. The second-order valence-corrected chi connectivity index (χ2v) is 7.32.